The molecule has 0 aliphatic heterocycles. The Hall–Kier alpha value is -2.66. The highest BCUT2D eigenvalue weighted by molar-refractivity contribution is 5.75. The Morgan fingerprint density at radius 2 is 1.84 bits per heavy atom. The first-order valence-corrected chi connectivity index (χ1v) is 7.85. The number of aliphatic carboxylic acids is 2. The third kappa shape index (κ3) is 8.67. The standard InChI is InChI=1S/C14H25N7O4/c15-14(16)20-3-1-2-10(12(22)23)18-4-5-19-11(13(24)25)6-9-7-17-8-21-9/h7-8,10-11,18-19H,1-6H2,(H,17,21)(H,22,23)(H,24,25)(H4,15,16,20). The number of nitrogens with one attached hydrogen (secondary N) is 3. The van der Waals surface area contributed by atoms with Crippen LogP contribution in [0, 0.1) is 0 Å². The van der Waals surface area contributed by atoms with E-state index in [-0.39, 0.29) is 12.4 Å². The van der Waals surface area contributed by atoms with E-state index in [2.05, 4.69) is 25.6 Å². The topological polar surface area (TPSA) is 192 Å². The summed E-state index contributed by atoms with van der Waals surface area (Å²) in [7, 11) is 0. The maximum Gasteiger partial charge on any atom is 0.321 e. The van der Waals surface area contributed by atoms with Crippen LogP contribution in [0.5, 0.6) is 0 Å². The zero-order valence-electron chi connectivity index (χ0n) is 13.8. The molecule has 1 rings (SSSR count). The molecule has 1 aromatic rings. The molecule has 0 saturated carbocycles. The number of hydrogen-bond acceptors (Lipinski definition) is 6. The van der Waals surface area contributed by atoms with Crippen LogP contribution >= 0.6 is 0 Å². The van der Waals surface area contributed by atoms with Crippen molar-refractivity contribution in [2.75, 3.05) is 19.6 Å². The van der Waals surface area contributed by atoms with Crippen molar-refractivity contribution in [3.8, 4) is 0 Å². The third-order valence-corrected chi connectivity index (χ3v) is 3.43. The first-order valence-electron chi connectivity index (χ1n) is 7.85. The molecule has 0 fully saturated rings. The van der Waals surface area contributed by atoms with E-state index in [1.165, 1.54) is 6.33 Å². The molecule has 1 heterocycles. The summed E-state index contributed by atoms with van der Waals surface area (Å²) in [6.07, 6.45) is 4.19. The number of guanidine groups is 1. The summed E-state index contributed by atoms with van der Waals surface area (Å²) in [4.78, 5) is 32.9. The Bertz CT molecular complexity index is 558. The van der Waals surface area contributed by atoms with E-state index in [0.29, 0.717) is 38.2 Å². The van der Waals surface area contributed by atoms with Gasteiger partial charge in [-0.25, -0.2) is 4.98 Å². The molecule has 1 aromatic heterocycles. The van der Waals surface area contributed by atoms with E-state index in [1.54, 1.807) is 6.20 Å². The lowest BCUT2D eigenvalue weighted by molar-refractivity contribution is -0.140. The average Bonchev–Trinajstić information content (AvgIpc) is 3.04. The molecular weight excluding hydrogens is 330 g/mol. The van der Waals surface area contributed by atoms with Crippen molar-refractivity contribution in [3.63, 3.8) is 0 Å². The number of imidazole rings is 1. The van der Waals surface area contributed by atoms with Crippen molar-refractivity contribution in [1.82, 2.24) is 20.6 Å². The van der Waals surface area contributed by atoms with Gasteiger partial charge in [0.05, 0.1) is 6.33 Å². The predicted octanol–water partition coefficient (Wildman–Crippen LogP) is -1.91. The molecule has 0 aromatic carbocycles. The van der Waals surface area contributed by atoms with Crippen molar-refractivity contribution in [1.29, 1.82) is 0 Å². The number of aromatic nitrogens is 2. The molecule has 11 heteroatoms. The van der Waals surface area contributed by atoms with Gasteiger partial charge in [0.1, 0.15) is 12.1 Å². The molecule has 0 saturated heterocycles. The van der Waals surface area contributed by atoms with Gasteiger partial charge in [-0.15, -0.1) is 0 Å². The molecule has 2 atom stereocenters. The Morgan fingerprint density at radius 3 is 2.36 bits per heavy atom. The zero-order valence-corrected chi connectivity index (χ0v) is 13.8. The summed E-state index contributed by atoms with van der Waals surface area (Å²) in [6, 6.07) is -1.53. The minimum atomic E-state index is -0.985. The Balaban J connectivity index is 2.32. The summed E-state index contributed by atoms with van der Waals surface area (Å²) in [6.45, 7) is 0.978. The van der Waals surface area contributed by atoms with Crippen LogP contribution in [0.1, 0.15) is 18.5 Å². The van der Waals surface area contributed by atoms with Crippen molar-refractivity contribution < 1.29 is 19.8 Å². The molecule has 2 unspecified atom stereocenters. The normalized spacial score (nSPS) is 13.1. The second-order valence-electron chi connectivity index (χ2n) is 5.42. The minimum absolute atomic E-state index is 0.0268. The summed E-state index contributed by atoms with van der Waals surface area (Å²) < 4.78 is 0. The Kier molecular flexibility index (Phi) is 8.96. The second-order valence-corrected chi connectivity index (χ2v) is 5.42. The van der Waals surface area contributed by atoms with Gasteiger partial charge in [-0.2, -0.15) is 0 Å². The van der Waals surface area contributed by atoms with Crippen molar-refractivity contribution in [2.45, 2.75) is 31.3 Å². The largest absolute Gasteiger partial charge is 0.480 e. The lowest BCUT2D eigenvalue weighted by Crippen LogP contribution is -2.45. The first-order chi connectivity index (χ1) is 11.9. The number of aliphatic imine (C=N–C) groups is 1. The molecule has 9 N–H and O–H groups in total. The summed E-state index contributed by atoms with van der Waals surface area (Å²) in [5.74, 6) is -1.99. The molecule has 11 nitrogen and oxygen atoms in total. The Morgan fingerprint density at radius 1 is 1.20 bits per heavy atom. The molecule has 0 bridgehead atoms. The van der Waals surface area contributed by atoms with Gasteiger partial charge in [-0.3, -0.25) is 14.6 Å². The van der Waals surface area contributed by atoms with Crippen LogP contribution in [0.3, 0.4) is 0 Å². The number of aromatic amines is 1. The molecule has 0 amide bonds. The maximum atomic E-state index is 11.2. The summed E-state index contributed by atoms with van der Waals surface area (Å²) in [5, 5.41) is 24.1. The second kappa shape index (κ2) is 11.0. The predicted molar refractivity (Wildman–Crippen MR) is 91.1 cm³/mol. The van der Waals surface area contributed by atoms with Crippen LogP contribution < -0.4 is 22.1 Å². The van der Waals surface area contributed by atoms with Crippen LogP contribution in [0.4, 0.5) is 0 Å². The van der Waals surface area contributed by atoms with Crippen molar-refractivity contribution in [2.24, 2.45) is 16.5 Å². The molecule has 0 aliphatic rings. The average molecular weight is 355 g/mol. The fourth-order valence-electron chi connectivity index (χ4n) is 2.17. The van der Waals surface area contributed by atoms with Gasteiger partial charge < -0.3 is 37.3 Å². The SMILES string of the molecule is NC(N)=NCCCC(NCCNC(Cc1cnc[nH]1)C(=O)O)C(=O)O. The third-order valence-electron chi connectivity index (χ3n) is 3.43. The zero-order chi connectivity index (χ0) is 18.7. The number of carboxylic acids is 2. The van der Waals surface area contributed by atoms with Gasteiger partial charge in [0, 0.05) is 37.9 Å². The van der Waals surface area contributed by atoms with E-state index in [4.69, 9.17) is 11.5 Å². The maximum absolute atomic E-state index is 11.2. The lowest BCUT2D eigenvalue weighted by Gasteiger charge is -2.17. The van der Waals surface area contributed by atoms with E-state index in [9.17, 15) is 19.8 Å². The molecular formula is C14H25N7O4. The van der Waals surface area contributed by atoms with Crippen LogP contribution in [-0.2, 0) is 16.0 Å². The van der Waals surface area contributed by atoms with Gasteiger partial charge in [-0.1, -0.05) is 0 Å². The number of hydrogen-bond donors (Lipinski definition) is 7. The molecule has 0 radical (unpaired) electrons. The van der Waals surface area contributed by atoms with Crippen LogP contribution in [0.2, 0.25) is 0 Å². The van der Waals surface area contributed by atoms with Gasteiger partial charge in [0.2, 0.25) is 0 Å². The Labute approximate surface area is 144 Å². The van der Waals surface area contributed by atoms with Crippen LogP contribution in [-0.4, -0.2) is 69.8 Å². The number of carbonyl (C=O) groups is 2. The van der Waals surface area contributed by atoms with E-state index < -0.39 is 24.0 Å². The van der Waals surface area contributed by atoms with Gasteiger partial charge in [0.25, 0.3) is 0 Å². The number of nitrogens with two attached hydrogens (primary N) is 2. The molecule has 0 aliphatic carbocycles. The number of rotatable bonds is 13. The van der Waals surface area contributed by atoms with E-state index in [0.717, 1.165) is 0 Å². The van der Waals surface area contributed by atoms with Crippen LogP contribution in [0.15, 0.2) is 17.5 Å². The van der Waals surface area contributed by atoms with Gasteiger partial charge in [0.15, 0.2) is 5.96 Å². The highest BCUT2D eigenvalue weighted by atomic mass is 16.4. The molecule has 140 valence electrons. The molecule has 0 spiro atoms. The van der Waals surface area contributed by atoms with E-state index in [1.807, 2.05) is 0 Å². The first kappa shape index (κ1) is 20.4. The van der Waals surface area contributed by atoms with E-state index >= 15 is 0 Å². The number of nitrogens with zero attached hydrogens (tertiary/aromatic N) is 2. The smallest absolute Gasteiger partial charge is 0.321 e. The summed E-state index contributed by atoms with van der Waals surface area (Å²) >= 11 is 0. The lowest BCUT2D eigenvalue weighted by atomic mass is 10.1. The number of H-pyrrole nitrogens is 1. The number of carboxylic acid groups (broad SMARTS) is 2. The van der Waals surface area contributed by atoms with Crippen LogP contribution in [0.25, 0.3) is 0 Å². The minimum Gasteiger partial charge on any atom is -0.480 e. The van der Waals surface area contributed by atoms with Gasteiger partial charge in [-0.05, 0) is 12.8 Å². The fraction of sp³-hybridized carbons (Fsp3) is 0.571. The highest BCUT2D eigenvalue weighted by Crippen LogP contribution is 2.00. The quantitative estimate of drug-likeness (QED) is 0.120. The molecule has 25 heavy (non-hydrogen) atoms. The van der Waals surface area contributed by atoms with Gasteiger partial charge >= 0.3 is 11.9 Å². The summed E-state index contributed by atoms with van der Waals surface area (Å²) in [5.41, 5.74) is 11.1. The fourth-order valence-corrected chi connectivity index (χ4v) is 2.17. The monoisotopic (exact) mass is 355 g/mol. The van der Waals surface area contributed by atoms with Crippen molar-refractivity contribution >= 4 is 17.9 Å². The van der Waals surface area contributed by atoms with Crippen molar-refractivity contribution in [3.05, 3.63) is 18.2 Å². The highest BCUT2D eigenvalue weighted by Gasteiger charge is 2.19.